The maximum absolute atomic E-state index is 13.1. The van der Waals surface area contributed by atoms with Crippen LogP contribution < -0.4 is 10.6 Å². The third-order valence-electron chi connectivity index (χ3n) is 3.71. The van der Waals surface area contributed by atoms with Gasteiger partial charge >= 0.3 is 0 Å². The average molecular weight is 323 g/mol. The van der Waals surface area contributed by atoms with E-state index in [-0.39, 0.29) is 5.82 Å². The van der Waals surface area contributed by atoms with Gasteiger partial charge in [0.05, 0.1) is 13.2 Å². The molecule has 128 valence electrons. The van der Waals surface area contributed by atoms with E-state index < -0.39 is 0 Å². The summed E-state index contributed by atoms with van der Waals surface area (Å²) < 4.78 is 24.1. The Kier molecular flexibility index (Phi) is 7.83. The van der Waals surface area contributed by atoms with E-state index in [0.29, 0.717) is 18.4 Å². The molecule has 5 nitrogen and oxygen atoms in total. The van der Waals surface area contributed by atoms with Crippen molar-refractivity contribution in [1.29, 1.82) is 0 Å². The monoisotopic (exact) mass is 323 g/mol. The molecule has 0 amide bonds. The summed E-state index contributed by atoms with van der Waals surface area (Å²) in [5.41, 5.74) is 0.884. The Hall–Kier alpha value is -1.66. The van der Waals surface area contributed by atoms with Gasteiger partial charge < -0.3 is 20.1 Å². The second-order valence-electron chi connectivity index (χ2n) is 5.64. The molecule has 0 saturated carbocycles. The van der Waals surface area contributed by atoms with Crippen molar-refractivity contribution < 1.29 is 13.9 Å². The Morgan fingerprint density at radius 1 is 1.43 bits per heavy atom. The quantitative estimate of drug-likeness (QED) is 0.436. The zero-order chi connectivity index (χ0) is 16.3. The lowest BCUT2D eigenvalue weighted by molar-refractivity contribution is 0.0888. The molecule has 1 heterocycles. The highest BCUT2D eigenvalue weighted by atomic mass is 19.1. The molecule has 2 rings (SSSR count). The molecule has 1 aliphatic rings. The third kappa shape index (κ3) is 6.97. The molecular weight excluding hydrogens is 297 g/mol. The number of hydrogen-bond donors (Lipinski definition) is 2. The van der Waals surface area contributed by atoms with Crippen LogP contribution in [-0.4, -0.2) is 46.0 Å². The molecule has 1 aliphatic heterocycles. The van der Waals surface area contributed by atoms with Crippen molar-refractivity contribution in [1.82, 2.24) is 10.6 Å². The second kappa shape index (κ2) is 10.2. The first-order valence-electron chi connectivity index (χ1n) is 8.12. The van der Waals surface area contributed by atoms with E-state index in [2.05, 4.69) is 15.6 Å². The number of rotatable bonds is 8. The number of aliphatic imine (C=N–C) groups is 1. The predicted octanol–water partition coefficient (Wildman–Crippen LogP) is 1.93. The summed E-state index contributed by atoms with van der Waals surface area (Å²) in [7, 11) is 1.72. The first-order valence-corrected chi connectivity index (χ1v) is 8.12. The Morgan fingerprint density at radius 3 is 3.09 bits per heavy atom. The standard InChI is InChI=1S/C17H26FN3O2/c1-19-17(21-11-14-4-2-5-16(18)10-14)20-7-3-8-22-12-15-6-9-23-13-15/h2,4-5,10,15H,3,6-9,11-13H2,1H3,(H2,19,20,21). The van der Waals surface area contributed by atoms with Crippen LogP contribution in [0.25, 0.3) is 0 Å². The molecule has 1 atom stereocenters. The zero-order valence-corrected chi connectivity index (χ0v) is 13.7. The first kappa shape index (κ1) is 17.7. The van der Waals surface area contributed by atoms with Gasteiger partial charge in [-0.25, -0.2) is 4.39 Å². The van der Waals surface area contributed by atoms with E-state index in [0.717, 1.165) is 51.4 Å². The van der Waals surface area contributed by atoms with Crippen LogP contribution in [0.15, 0.2) is 29.3 Å². The normalized spacial score (nSPS) is 18.2. The second-order valence-corrected chi connectivity index (χ2v) is 5.64. The molecule has 1 unspecified atom stereocenters. The highest BCUT2D eigenvalue weighted by molar-refractivity contribution is 5.79. The Bertz CT molecular complexity index is 490. The van der Waals surface area contributed by atoms with Crippen molar-refractivity contribution in [2.45, 2.75) is 19.4 Å². The van der Waals surface area contributed by atoms with Gasteiger partial charge in [-0.05, 0) is 30.5 Å². The van der Waals surface area contributed by atoms with E-state index in [4.69, 9.17) is 9.47 Å². The van der Waals surface area contributed by atoms with Gasteiger partial charge in [-0.2, -0.15) is 0 Å². The average Bonchev–Trinajstić information content (AvgIpc) is 3.07. The zero-order valence-electron chi connectivity index (χ0n) is 13.7. The first-order chi connectivity index (χ1) is 11.3. The summed E-state index contributed by atoms with van der Waals surface area (Å²) in [5, 5.41) is 6.39. The summed E-state index contributed by atoms with van der Waals surface area (Å²) in [6.45, 7) is 4.52. The lowest BCUT2D eigenvalue weighted by atomic mass is 10.1. The van der Waals surface area contributed by atoms with Crippen LogP contribution >= 0.6 is 0 Å². The molecule has 0 bridgehead atoms. The molecule has 1 saturated heterocycles. The van der Waals surface area contributed by atoms with Gasteiger partial charge in [0.2, 0.25) is 0 Å². The molecule has 1 aromatic rings. The molecule has 23 heavy (non-hydrogen) atoms. The van der Waals surface area contributed by atoms with E-state index in [1.807, 2.05) is 6.07 Å². The number of ether oxygens (including phenoxy) is 2. The number of nitrogens with one attached hydrogen (secondary N) is 2. The lowest BCUT2D eigenvalue weighted by Crippen LogP contribution is -2.37. The van der Waals surface area contributed by atoms with E-state index in [1.165, 1.54) is 12.1 Å². The van der Waals surface area contributed by atoms with Crippen molar-refractivity contribution in [3.63, 3.8) is 0 Å². The maximum Gasteiger partial charge on any atom is 0.191 e. The highest BCUT2D eigenvalue weighted by Crippen LogP contribution is 2.12. The maximum atomic E-state index is 13.1. The molecule has 2 N–H and O–H groups in total. The Balaban J connectivity index is 1.54. The van der Waals surface area contributed by atoms with Crippen molar-refractivity contribution in [2.24, 2.45) is 10.9 Å². The fourth-order valence-corrected chi connectivity index (χ4v) is 2.40. The smallest absolute Gasteiger partial charge is 0.191 e. The molecule has 6 heteroatoms. The van der Waals surface area contributed by atoms with Gasteiger partial charge in [-0.15, -0.1) is 0 Å². The molecule has 0 spiro atoms. The van der Waals surface area contributed by atoms with Crippen LogP contribution in [-0.2, 0) is 16.0 Å². The summed E-state index contributed by atoms with van der Waals surface area (Å²) in [6, 6.07) is 6.54. The summed E-state index contributed by atoms with van der Waals surface area (Å²) in [6.07, 6.45) is 2.02. The van der Waals surface area contributed by atoms with Gasteiger partial charge in [0.1, 0.15) is 5.82 Å². The Morgan fingerprint density at radius 2 is 2.35 bits per heavy atom. The van der Waals surface area contributed by atoms with Gasteiger partial charge in [0.25, 0.3) is 0 Å². The minimum absolute atomic E-state index is 0.225. The number of guanidine groups is 1. The van der Waals surface area contributed by atoms with Gasteiger partial charge in [0, 0.05) is 39.3 Å². The third-order valence-corrected chi connectivity index (χ3v) is 3.71. The topological polar surface area (TPSA) is 54.9 Å². The number of nitrogens with zero attached hydrogens (tertiary/aromatic N) is 1. The van der Waals surface area contributed by atoms with Crippen LogP contribution in [0.1, 0.15) is 18.4 Å². The van der Waals surface area contributed by atoms with Crippen molar-refractivity contribution in [3.8, 4) is 0 Å². The van der Waals surface area contributed by atoms with Crippen LogP contribution in [0, 0.1) is 11.7 Å². The molecular formula is C17H26FN3O2. The molecule has 0 aliphatic carbocycles. The van der Waals surface area contributed by atoms with E-state index in [9.17, 15) is 4.39 Å². The van der Waals surface area contributed by atoms with Gasteiger partial charge in [0.15, 0.2) is 5.96 Å². The minimum Gasteiger partial charge on any atom is -0.381 e. The van der Waals surface area contributed by atoms with E-state index >= 15 is 0 Å². The van der Waals surface area contributed by atoms with Crippen LogP contribution in [0.2, 0.25) is 0 Å². The largest absolute Gasteiger partial charge is 0.381 e. The highest BCUT2D eigenvalue weighted by Gasteiger charge is 2.15. The summed E-state index contributed by atoms with van der Waals surface area (Å²) in [4.78, 5) is 4.15. The van der Waals surface area contributed by atoms with Gasteiger partial charge in [-0.1, -0.05) is 12.1 Å². The SMILES string of the molecule is CN=C(NCCCOCC1CCOC1)NCc1cccc(F)c1. The molecule has 0 radical (unpaired) electrons. The minimum atomic E-state index is -0.225. The van der Waals surface area contributed by atoms with E-state index in [1.54, 1.807) is 13.1 Å². The summed E-state index contributed by atoms with van der Waals surface area (Å²) >= 11 is 0. The number of hydrogen-bond acceptors (Lipinski definition) is 3. The fourth-order valence-electron chi connectivity index (χ4n) is 2.40. The number of benzene rings is 1. The van der Waals surface area contributed by atoms with Crippen molar-refractivity contribution in [3.05, 3.63) is 35.6 Å². The Labute approximate surface area is 137 Å². The molecule has 1 aromatic carbocycles. The van der Waals surface area contributed by atoms with Crippen LogP contribution in [0.5, 0.6) is 0 Å². The molecule has 0 aromatic heterocycles. The predicted molar refractivity (Wildman–Crippen MR) is 89.0 cm³/mol. The molecule has 1 fully saturated rings. The summed E-state index contributed by atoms with van der Waals surface area (Å²) in [5.74, 6) is 1.04. The number of halogens is 1. The van der Waals surface area contributed by atoms with Crippen molar-refractivity contribution in [2.75, 3.05) is 40.0 Å². The van der Waals surface area contributed by atoms with Crippen molar-refractivity contribution >= 4 is 5.96 Å². The van der Waals surface area contributed by atoms with Crippen LogP contribution in [0.3, 0.4) is 0 Å². The van der Waals surface area contributed by atoms with Gasteiger partial charge in [-0.3, -0.25) is 4.99 Å². The van der Waals surface area contributed by atoms with Crippen LogP contribution in [0.4, 0.5) is 4.39 Å². The fraction of sp³-hybridized carbons (Fsp3) is 0.588. The lowest BCUT2D eigenvalue weighted by Gasteiger charge is -2.12.